The molecule has 1 heterocycles. The van der Waals surface area contributed by atoms with Gasteiger partial charge in [-0.1, -0.05) is 12.1 Å². The lowest BCUT2D eigenvalue weighted by molar-refractivity contribution is 0.172. The molecular weight excluding hydrogens is 233 g/mol. The van der Waals surface area contributed by atoms with Crippen molar-refractivity contribution in [2.24, 2.45) is 0 Å². The van der Waals surface area contributed by atoms with Crippen molar-refractivity contribution in [1.82, 2.24) is 10.2 Å². The molecule has 1 aromatic rings. The first-order valence-electron chi connectivity index (χ1n) is 6.03. The van der Waals surface area contributed by atoms with Crippen LogP contribution in [-0.2, 0) is 0 Å². The van der Waals surface area contributed by atoms with E-state index in [4.69, 9.17) is 5.26 Å². The van der Waals surface area contributed by atoms with Crippen LogP contribution in [0.3, 0.4) is 0 Å². The number of aromatic hydroxyl groups is 1. The topological polar surface area (TPSA) is 59.3 Å². The van der Waals surface area contributed by atoms with E-state index in [1.807, 2.05) is 0 Å². The zero-order chi connectivity index (χ0) is 13.0. The van der Waals surface area contributed by atoms with Crippen molar-refractivity contribution < 1.29 is 9.50 Å². The number of nitriles is 1. The zero-order valence-corrected chi connectivity index (χ0v) is 10.1. The monoisotopic (exact) mass is 249 g/mol. The summed E-state index contributed by atoms with van der Waals surface area (Å²) in [6, 6.07) is 6.34. The minimum atomic E-state index is -0.634. The number of nitrogens with zero attached hydrogens (tertiary/aromatic N) is 2. The van der Waals surface area contributed by atoms with E-state index in [-0.39, 0.29) is 18.2 Å². The fourth-order valence-corrected chi connectivity index (χ4v) is 2.32. The Morgan fingerprint density at radius 2 is 2.17 bits per heavy atom. The summed E-state index contributed by atoms with van der Waals surface area (Å²) in [5.41, 5.74) is 0.499. The molecule has 4 nitrogen and oxygen atoms in total. The van der Waals surface area contributed by atoms with Crippen molar-refractivity contribution >= 4 is 0 Å². The first-order valence-corrected chi connectivity index (χ1v) is 6.03. The van der Waals surface area contributed by atoms with E-state index in [1.54, 1.807) is 12.1 Å². The molecule has 0 spiro atoms. The van der Waals surface area contributed by atoms with Crippen molar-refractivity contribution in [3.05, 3.63) is 29.6 Å². The fraction of sp³-hybridized carbons (Fsp3) is 0.462. The molecule has 96 valence electrons. The number of phenols is 1. The Morgan fingerprint density at radius 3 is 2.83 bits per heavy atom. The van der Waals surface area contributed by atoms with E-state index in [1.165, 1.54) is 6.07 Å². The summed E-state index contributed by atoms with van der Waals surface area (Å²) in [5.74, 6) is -0.971. The lowest BCUT2D eigenvalue weighted by Crippen LogP contribution is -2.45. The van der Waals surface area contributed by atoms with E-state index in [0.717, 1.165) is 26.2 Å². The van der Waals surface area contributed by atoms with Gasteiger partial charge in [0, 0.05) is 31.7 Å². The van der Waals surface area contributed by atoms with Gasteiger partial charge in [0.15, 0.2) is 11.6 Å². The highest BCUT2D eigenvalue weighted by molar-refractivity contribution is 5.36. The van der Waals surface area contributed by atoms with E-state index in [9.17, 15) is 9.50 Å². The van der Waals surface area contributed by atoms with Crippen LogP contribution in [0, 0.1) is 17.1 Å². The summed E-state index contributed by atoms with van der Waals surface area (Å²) in [5, 5.41) is 21.9. The van der Waals surface area contributed by atoms with Gasteiger partial charge in [0.2, 0.25) is 0 Å². The first kappa shape index (κ1) is 12.8. The predicted molar refractivity (Wildman–Crippen MR) is 65.5 cm³/mol. The third-order valence-electron chi connectivity index (χ3n) is 3.25. The lowest BCUT2D eigenvalue weighted by atomic mass is 10.0. The molecule has 1 fully saturated rings. The first-order chi connectivity index (χ1) is 8.74. The molecule has 0 amide bonds. The lowest BCUT2D eigenvalue weighted by Gasteiger charge is -2.34. The highest BCUT2D eigenvalue weighted by Crippen LogP contribution is 2.32. The Bertz CT molecular complexity index is 452. The molecule has 0 aromatic heterocycles. The normalized spacial score (nSPS) is 18.2. The molecule has 0 radical (unpaired) electrons. The van der Waals surface area contributed by atoms with Gasteiger partial charge in [0.05, 0.1) is 18.5 Å². The van der Waals surface area contributed by atoms with Crippen molar-refractivity contribution in [1.29, 1.82) is 5.26 Å². The fourth-order valence-electron chi connectivity index (χ4n) is 2.32. The van der Waals surface area contributed by atoms with E-state index < -0.39 is 5.82 Å². The summed E-state index contributed by atoms with van der Waals surface area (Å²) >= 11 is 0. The van der Waals surface area contributed by atoms with E-state index in [2.05, 4.69) is 16.3 Å². The van der Waals surface area contributed by atoms with Crippen LogP contribution in [0.4, 0.5) is 4.39 Å². The second-order valence-corrected chi connectivity index (χ2v) is 4.34. The molecule has 2 rings (SSSR count). The molecule has 2 N–H and O–H groups in total. The second kappa shape index (κ2) is 5.80. The molecule has 18 heavy (non-hydrogen) atoms. The molecule has 1 atom stereocenters. The van der Waals surface area contributed by atoms with Gasteiger partial charge < -0.3 is 10.4 Å². The number of hydrogen-bond donors (Lipinski definition) is 2. The highest BCUT2D eigenvalue weighted by atomic mass is 19.1. The molecule has 5 heteroatoms. The van der Waals surface area contributed by atoms with Crippen LogP contribution in [0.5, 0.6) is 5.75 Å². The molecule has 0 unspecified atom stereocenters. The smallest absolute Gasteiger partial charge is 0.165 e. The summed E-state index contributed by atoms with van der Waals surface area (Å²) in [4.78, 5) is 2.11. The minimum absolute atomic E-state index is 0.243. The third-order valence-corrected chi connectivity index (χ3v) is 3.25. The van der Waals surface area contributed by atoms with Gasteiger partial charge in [-0.05, 0) is 6.07 Å². The molecule has 0 bridgehead atoms. The third kappa shape index (κ3) is 2.61. The van der Waals surface area contributed by atoms with Crippen LogP contribution >= 0.6 is 0 Å². The van der Waals surface area contributed by atoms with Gasteiger partial charge >= 0.3 is 0 Å². The van der Waals surface area contributed by atoms with E-state index >= 15 is 0 Å². The number of halogens is 1. The van der Waals surface area contributed by atoms with Crippen LogP contribution < -0.4 is 5.32 Å². The predicted octanol–water partition coefficient (Wildman–Crippen LogP) is 1.39. The van der Waals surface area contributed by atoms with Gasteiger partial charge in [-0.25, -0.2) is 4.39 Å². The average molecular weight is 249 g/mol. The van der Waals surface area contributed by atoms with Gasteiger partial charge in [0.1, 0.15) is 0 Å². The molecule has 1 saturated heterocycles. The van der Waals surface area contributed by atoms with Crippen LogP contribution in [-0.4, -0.2) is 36.2 Å². The van der Waals surface area contributed by atoms with Gasteiger partial charge in [-0.3, -0.25) is 4.90 Å². The Morgan fingerprint density at radius 1 is 1.44 bits per heavy atom. The molecule has 0 aliphatic carbocycles. The van der Waals surface area contributed by atoms with Crippen molar-refractivity contribution in [2.45, 2.75) is 12.5 Å². The van der Waals surface area contributed by atoms with Crippen LogP contribution in [0.25, 0.3) is 0 Å². The molecule has 1 aromatic carbocycles. The summed E-state index contributed by atoms with van der Waals surface area (Å²) in [6.07, 6.45) is 0.247. The SMILES string of the molecule is N#CC[C@H](c1cccc(F)c1O)N1CCNCC1. The van der Waals surface area contributed by atoms with Crippen LogP contribution in [0.15, 0.2) is 18.2 Å². The highest BCUT2D eigenvalue weighted by Gasteiger charge is 2.25. The molecule has 1 aliphatic heterocycles. The van der Waals surface area contributed by atoms with Gasteiger partial charge in [-0.2, -0.15) is 5.26 Å². The van der Waals surface area contributed by atoms with Crippen LogP contribution in [0.1, 0.15) is 18.0 Å². The van der Waals surface area contributed by atoms with Crippen molar-refractivity contribution in [3.8, 4) is 11.8 Å². The Hall–Kier alpha value is -1.64. The molecule has 0 saturated carbocycles. The largest absolute Gasteiger partial charge is 0.505 e. The number of piperazine rings is 1. The Kier molecular flexibility index (Phi) is 4.13. The summed E-state index contributed by atoms with van der Waals surface area (Å²) < 4.78 is 13.4. The van der Waals surface area contributed by atoms with Crippen molar-refractivity contribution in [2.75, 3.05) is 26.2 Å². The van der Waals surface area contributed by atoms with Crippen LogP contribution in [0.2, 0.25) is 0 Å². The molecular formula is C13H16FN3O. The quantitative estimate of drug-likeness (QED) is 0.850. The van der Waals surface area contributed by atoms with Crippen molar-refractivity contribution in [3.63, 3.8) is 0 Å². The molecule has 1 aliphatic rings. The zero-order valence-electron chi connectivity index (χ0n) is 10.1. The number of phenolic OH excluding ortho intramolecular Hbond substituents is 1. The summed E-state index contributed by atoms with van der Waals surface area (Å²) in [6.45, 7) is 3.28. The number of rotatable bonds is 3. The minimum Gasteiger partial charge on any atom is -0.505 e. The number of nitrogens with one attached hydrogen (secondary N) is 1. The van der Waals surface area contributed by atoms with Gasteiger partial charge in [-0.15, -0.1) is 0 Å². The second-order valence-electron chi connectivity index (χ2n) is 4.34. The van der Waals surface area contributed by atoms with E-state index in [0.29, 0.717) is 5.56 Å². The number of benzene rings is 1. The maximum absolute atomic E-state index is 13.4. The maximum Gasteiger partial charge on any atom is 0.165 e. The standard InChI is InChI=1S/C13H16FN3O/c14-11-3-1-2-10(13(11)18)12(4-5-15)17-8-6-16-7-9-17/h1-3,12,16,18H,4,6-9H2/t12-/m1/s1. The van der Waals surface area contributed by atoms with Gasteiger partial charge in [0.25, 0.3) is 0 Å². The number of hydrogen-bond acceptors (Lipinski definition) is 4. The Labute approximate surface area is 106 Å². The maximum atomic E-state index is 13.4. The average Bonchev–Trinajstić information content (AvgIpc) is 2.41. The Balaban J connectivity index is 2.28. The number of para-hydroxylation sites is 1. The summed E-state index contributed by atoms with van der Waals surface area (Å²) in [7, 11) is 0.